The Bertz CT molecular complexity index is 437. The fourth-order valence-corrected chi connectivity index (χ4v) is 2.42. The fourth-order valence-electron chi connectivity index (χ4n) is 1.90. The SMILES string of the molecule is CCN(C(C)=O)c1ccc2c(n1)C(Br)CCO2. The number of hydrogen-bond acceptors (Lipinski definition) is 3. The highest BCUT2D eigenvalue weighted by Crippen LogP contribution is 2.37. The summed E-state index contributed by atoms with van der Waals surface area (Å²) < 4.78 is 5.53. The van der Waals surface area contributed by atoms with Crippen molar-refractivity contribution in [3.63, 3.8) is 0 Å². The first kappa shape index (κ1) is 12.4. The van der Waals surface area contributed by atoms with Gasteiger partial charge in [-0.05, 0) is 25.5 Å². The summed E-state index contributed by atoms with van der Waals surface area (Å²) in [6.07, 6.45) is 0.898. The van der Waals surface area contributed by atoms with E-state index in [1.807, 2.05) is 19.1 Å². The lowest BCUT2D eigenvalue weighted by atomic mass is 10.1. The topological polar surface area (TPSA) is 42.4 Å². The summed E-state index contributed by atoms with van der Waals surface area (Å²) in [5.41, 5.74) is 0.883. The number of carbonyl (C=O) groups is 1. The molecule has 1 aromatic heterocycles. The molecule has 1 amide bonds. The second kappa shape index (κ2) is 5.04. The molecule has 2 heterocycles. The van der Waals surface area contributed by atoms with Crippen molar-refractivity contribution in [1.29, 1.82) is 0 Å². The van der Waals surface area contributed by atoms with Crippen LogP contribution >= 0.6 is 15.9 Å². The van der Waals surface area contributed by atoms with Crippen LogP contribution < -0.4 is 9.64 Å². The van der Waals surface area contributed by atoms with E-state index in [0.29, 0.717) is 19.0 Å². The standard InChI is InChI=1S/C12H15BrN2O2/c1-3-15(8(2)16)11-5-4-10-12(14-11)9(13)6-7-17-10/h4-5,9H,3,6-7H2,1-2H3. The number of hydrogen-bond donors (Lipinski definition) is 0. The maximum absolute atomic E-state index is 11.5. The predicted octanol–water partition coefficient (Wildman–Crippen LogP) is 2.67. The van der Waals surface area contributed by atoms with Crippen molar-refractivity contribution < 1.29 is 9.53 Å². The van der Waals surface area contributed by atoms with Gasteiger partial charge in [-0.25, -0.2) is 4.98 Å². The first-order chi connectivity index (χ1) is 8.13. The summed E-state index contributed by atoms with van der Waals surface area (Å²) in [6, 6.07) is 3.71. The molecule has 2 rings (SSSR count). The van der Waals surface area contributed by atoms with Gasteiger partial charge in [0, 0.05) is 13.5 Å². The van der Waals surface area contributed by atoms with Gasteiger partial charge < -0.3 is 4.74 Å². The Kier molecular flexibility index (Phi) is 3.66. The van der Waals surface area contributed by atoms with Gasteiger partial charge in [-0.3, -0.25) is 9.69 Å². The fraction of sp³-hybridized carbons (Fsp3) is 0.500. The highest BCUT2D eigenvalue weighted by molar-refractivity contribution is 9.09. The van der Waals surface area contributed by atoms with Gasteiger partial charge in [0.05, 0.1) is 17.1 Å². The normalized spacial score (nSPS) is 18.2. The molecule has 0 aromatic carbocycles. The van der Waals surface area contributed by atoms with Gasteiger partial charge in [-0.2, -0.15) is 0 Å². The van der Waals surface area contributed by atoms with E-state index in [0.717, 1.165) is 17.9 Å². The molecule has 1 aliphatic rings. The van der Waals surface area contributed by atoms with Crippen LogP contribution in [0, 0.1) is 0 Å². The lowest BCUT2D eigenvalue weighted by molar-refractivity contribution is -0.116. The highest BCUT2D eigenvalue weighted by atomic mass is 79.9. The molecule has 0 saturated carbocycles. The zero-order valence-corrected chi connectivity index (χ0v) is 11.5. The summed E-state index contributed by atoms with van der Waals surface area (Å²) in [4.78, 5) is 17.8. The number of carbonyl (C=O) groups excluding carboxylic acids is 1. The Morgan fingerprint density at radius 2 is 2.41 bits per heavy atom. The van der Waals surface area contributed by atoms with Crippen LogP contribution in [0.1, 0.15) is 30.8 Å². The number of ether oxygens (including phenoxy) is 1. The number of aromatic nitrogens is 1. The summed E-state index contributed by atoms with van der Waals surface area (Å²) >= 11 is 3.58. The second-order valence-electron chi connectivity index (χ2n) is 3.92. The number of fused-ring (bicyclic) bond motifs is 1. The number of nitrogens with zero attached hydrogens (tertiary/aromatic N) is 2. The van der Waals surface area contributed by atoms with Crippen molar-refractivity contribution in [3.8, 4) is 5.75 Å². The van der Waals surface area contributed by atoms with Gasteiger partial charge in [-0.15, -0.1) is 0 Å². The average molecular weight is 299 g/mol. The minimum atomic E-state index is 0.00259. The molecule has 0 radical (unpaired) electrons. The van der Waals surface area contributed by atoms with Crippen LogP contribution in [-0.4, -0.2) is 24.0 Å². The highest BCUT2D eigenvalue weighted by Gasteiger charge is 2.22. The molecule has 17 heavy (non-hydrogen) atoms. The van der Waals surface area contributed by atoms with Gasteiger partial charge in [0.15, 0.2) is 0 Å². The first-order valence-electron chi connectivity index (χ1n) is 5.69. The molecule has 1 aromatic rings. The van der Waals surface area contributed by atoms with Crippen LogP contribution in [-0.2, 0) is 4.79 Å². The van der Waals surface area contributed by atoms with Gasteiger partial charge >= 0.3 is 0 Å². The van der Waals surface area contributed by atoms with E-state index in [-0.39, 0.29) is 10.7 Å². The lowest BCUT2D eigenvalue weighted by Crippen LogP contribution is -2.29. The van der Waals surface area contributed by atoms with Crippen LogP contribution in [0.15, 0.2) is 12.1 Å². The molecule has 92 valence electrons. The molecule has 1 atom stereocenters. The molecule has 0 bridgehead atoms. The molecule has 0 saturated heterocycles. The predicted molar refractivity (Wildman–Crippen MR) is 69.7 cm³/mol. The van der Waals surface area contributed by atoms with Crippen molar-refractivity contribution >= 4 is 27.7 Å². The molecular formula is C12H15BrN2O2. The monoisotopic (exact) mass is 298 g/mol. The van der Waals surface area contributed by atoms with E-state index in [1.54, 1.807) is 11.8 Å². The van der Waals surface area contributed by atoms with E-state index in [9.17, 15) is 4.79 Å². The number of rotatable bonds is 2. The number of halogens is 1. The van der Waals surface area contributed by atoms with E-state index < -0.39 is 0 Å². The molecule has 0 aliphatic carbocycles. The van der Waals surface area contributed by atoms with Gasteiger partial charge in [0.25, 0.3) is 0 Å². The average Bonchev–Trinajstić information content (AvgIpc) is 2.30. The summed E-state index contributed by atoms with van der Waals surface area (Å²) in [5.74, 6) is 1.50. The van der Waals surface area contributed by atoms with E-state index in [2.05, 4.69) is 20.9 Å². The van der Waals surface area contributed by atoms with Gasteiger partial charge in [-0.1, -0.05) is 15.9 Å². The maximum Gasteiger partial charge on any atom is 0.225 e. The molecule has 0 fully saturated rings. The Morgan fingerprint density at radius 3 is 3.06 bits per heavy atom. The van der Waals surface area contributed by atoms with Crippen molar-refractivity contribution in [3.05, 3.63) is 17.8 Å². The zero-order chi connectivity index (χ0) is 12.4. The third-order valence-corrected chi connectivity index (χ3v) is 3.66. The quantitative estimate of drug-likeness (QED) is 0.789. The summed E-state index contributed by atoms with van der Waals surface area (Å²) in [6.45, 7) is 4.81. The largest absolute Gasteiger partial charge is 0.492 e. The molecule has 1 unspecified atom stereocenters. The Balaban J connectivity index is 2.37. The van der Waals surface area contributed by atoms with Crippen molar-refractivity contribution in [2.75, 3.05) is 18.1 Å². The molecule has 4 nitrogen and oxygen atoms in total. The second-order valence-corrected chi connectivity index (χ2v) is 5.03. The van der Waals surface area contributed by atoms with Crippen LogP contribution in [0.3, 0.4) is 0 Å². The van der Waals surface area contributed by atoms with Crippen LogP contribution in [0.4, 0.5) is 5.82 Å². The minimum absolute atomic E-state index is 0.00259. The van der Waals surface area contributed by atoms with Crippen LogP contribution in [0.5, 0.6) is 5.75 Å². The van der Waals surface area contributed by atoms with Crippen molar-refractivity contribution in [2.24, 2.45) is 0 Å². The third kappa shape index (κ3) is 2.44. The maximum atomic E-state index is 11.5. The smallest absolute Gasteiger partial charge is 0.225 e. The third-order valence-electron chi connectivity index (χ3n) is 2.77. The van der Waals surface area contributed by atoms with E-state index in [1.165, 1.54) is 0 Å². The number of anilines is 1. The van der Waals surface area contributed by atoms with Crippen molar-refractivity contribution in [2.45, 2.75) is 25.1 Å². The summed E-state index contributed by atoms with van der Waals surface area (Å²) in [5, 5.41) is 0. The number of amides is 1. The Labute approximate surface area is 109 Å². The van der Waals surface area contributed by atoms with E-state index >= 15 is 0 Å². The lowest BCUT2D eigenvalue weighted by Gasteiger charge is -2.24. The van der Waals surface area contributed by atoms with Gasteiger partial charge in [0.2, 0.25) is 5.91 Å². The molecule has 0 N–H and O–H groups in total. The van der Waals surface area contributed by atoms with Crippen molar-refractivity contribution in [1.82, 2.24) is 4.98 Å². The van der Waals surface area contributed by atoms with Crippen LogP contribution in [0.2, 0.25) is 0 Å². The Morgan fingerprint density at radius 1 is 1.65 bits per heavy atom. The van der Waals surface area contributed by atoms with E-state index in [4.69, 9.17) is 4.74 Å². The minimum Gasteiger partial charge on any atom is -0.492 e. The zero-order valence-electron chi connectivity index (χ0n) is 9.94. The van der Waals surface area contributed by atoms with Gasteiger partial charge in [0.1, 0.15) is 11.6 Å². The van der Waals surface area contributed by atoms with Crippen LogP contribution in [0.25, 0.3) is 0 Å². The molecule has 1 aliphatic heterocycles. The first-order valence-corrected chi connectivity index (χ1v) is 6.61. The molecule has 5 heteroatoms. The Hall–Kier alpha value is -1.10. The molecule has 0 spiro atoms. The number of pyridine rings is 1. The summed E-state index contributed by atoms with van der Waals surface area (Å²) in [7, 11) is 0. The molecular weight excluding hydrogens is 284 g/mol. The number of alkyl halides is 1.